The monoisotopic (exact) mass is 290 g/mol. The van der Waals surface area contributed by atoms with Gasteiger partial charge in [-0.15, -0.1) is 0 Å². The predicted molar refractivity (Wildman–Crippen MR) is 85.0 cm³/mol. The first kappa shape index (κ1) is 15.1. The standard InChI is InChI=1S/C19H30O2/c1-13-6-7-14-17(2,12-13)11-8-15-18(14,3)9-5-10-19(15,4)16(20)21/h6,14-15H,5,7-12H2,1-4H3,(H,20,21)/t14-,15+,17-,18+,19?/m1/s1. The summed E-state index contributed by atoms with van der Waals surface area (Å²) in [6, 6.07) is 0. The normalized spacial score (nSPS) is 49.8. The summed E-state index contributed by atoms with van der Waals surface area (Å²) >= 11 is 0. The lowest BCUT2D eigenvalue weighted by Gasteiger charge is -2.63. The van der Waals surface area contributed by atoms with Gasteiger partial charge in [-0.05, 0) is 75.0 Å². The van der Waals surface area contributed by atoms with Crippen LogP contribution in [0, 0.1) is 28.1 Å². The van der Waals surface area contributed by atoms with Gasteiger partial charge in [0.1, 0.15) is 0 Å². The molecule has 1 N–H and O–H groups in total. The van der Waals surface area contributed by atoms with Crippen molar-refractivity contribution in [1.82, 2.24) is 0 Å². The average Bonchev–Trinajstić information content (AvgIpc) is 2.36. The highest BCUT2D eigenvalue weighted by Crippen LogP contribution is 2.67. The molecule has 0 amide bonds. The second-order valence-corrected chi connectivity index (χ2v) is 8.84. The summed E-state index contributed by atoms with van der Waals surface area (Å²) in [4.78, 5) is 12.0. The van der Waals surface area contributed by atoms with Crippen molar-refractivity contribution in [3.8, 4) is 0 Å². The zero-order valence-corrected chi connectivity index (χ0v) is 14.0. The van der Waals surface area contributed by atoms with Crippen molar-refractivity contribution in [2.75, 3.05) is 0 Å². The van der Waals surface area contributed by atoms with Crippen molar-refractivity contribution in [2.24, 2.45) is 28.1 Å². The first-order valence-electron chi connectivity index (χ1n) is 8.61. The summed E-state index contributed by atoms with van der Waals surface area (Å²) in [6.45, 7) is 9.15. The number of rotatable bonds is 1. The minimum absolute atomic E-state index is 0.204. The number of allylic oxidation sites excluding steroid dienone is 2. The highest BCUT2D eigenvalue weighted by Gasteiger charge is 2.61. The predicted octanol–water partition coefficient (Wildman–Crippen LogP) is 5.04. The summed E-state index contributed by atoms with van der Waals surface area (Å²) in [5.74, 6) is 0.442. The molecule has 0 aromatic heterocycles. The number of carbonyl (C=O) groups is 1. The van der Waals surface area contributed by atoms with E-state index in [1.807, 2.05) is 6.92 Å². The minimum atomic E-state index is -0.565. The Morgan fingerprint density at radius 3 is 2.57 bits per heavy atom. The van der Waals surface area contributed by atoms with Gasteiger partial charge in [-0.3, -0.25) is 4.79 Å². The van der Waals surface area contributed by atoms with E-state index in [9.17, 15) is 9.90 Å². The van der Waals surface area contributed by atoms with Gasteiger partial charge in [0.2, 0.25) is 0 Å². The number of hydrogen-bond acceptors (Lipinski definition) is 1. The Hall–Kier alpha value is -0.790. The van der Waals surface area contributed by atoms with E-state index in [1.54, 1.807) is 0 Å². The smallest absolute Gasteiger partial charge is 0.309 e. The second-order valence-electron chi connectivity index (χ2n) is 8.84. The van der Waals surface area contributed by atoms with E-state index in [0.717, 1.165) is 25.7 Å². The van der Waals surface area contributed by atoms with Crippen molar-refractivity contribution in [3.05, 3.63) is 11.6 Å². The van der Waals surface area contributed by atoms with Gasteiger partial charge < -0.3 is 5.11 Å². The Labute approximate surface area is 129 Å². The number of aliphatic carboxylic acids is 1. The molecule has 0 radical (unpaired) electrons. The van der Waals surface area contributed by atoms with Crippen LogP contribution in [0.3, 0.4) is 0 Å². The van der Waals surface area contributed by atoms with Crippen LogP contribution in [0.2, 0.25) is 0 Å². The van der Waals surface area contributed by atoms with Crippen LogP contribution >= 0.6 is 0 Å². The van der Waals surface area contributed by atoms with Crippen molar-refractivity contribution in [1.29, 1.82) is 0 Å². The van der Waals surface area contributed by atoms with Crippen LogP contribution in [0.5, 0.6) is 0 Å². The first-order chi connectivity index (χ1) is 9.72. The molecule has 0 heterocycles. The van der Waals surface area contributed by atoms with Crippen molar-refractivity contribution in [2.45, 2.75) is 72.6 Å². The molecule has 2 fully saturated rings. The molecule has 0 aromatic carbocycles. The molecule has 0 bridgehead atoms. The molecular weight excluding hydrogens is 260 g/mol. The molecule has 2 heteroatoms. The van der Waals surface area contributed by atoms with Crippen LogP contribution in [0.4, 0.5) is 0 Å². The van der Waals surface area contributed by atoms with Gasteiger partial charge in [0.05, 0.1) is 5.41 Å². The molecule has 2 saturated carbocycles. The lowest BCUT2D eigenvalue weighted by Crippen LogP contribution is -2.57. The van der Waals surface area contributed by atoms with Crippen molar-refractivity contribution in [3.63, 3.8) is 0 Å². The second kappa shape index (κ2) is 4.60. The lowest BCUT2D eigenvalue weighted by molar-refractivity contribution is -0.176. The van der Waals surface area contributed by atoms with Crippen molar-refractivity contribution < 1.29 is 9.90 Å². The van der Waals surface area contributed by atoms with Gasteiger partial charge in [0.25, 0.3) is 0 Å². The molecule has 21 heavy (non-hydrogen) atoms. The summed E-state index contributed by atoms with van der Waals surface area (Å²) in [6.07, 6.45) is 10.2. The van der Waals surface area contributed by atoms with Crippen LogP contribution in [0.1, 0.15) is 72.6 Å². The van der Waals surface area contributed by atoms with Gasteiger partial charge >= 0.3 is 5.97 Å². The number of fused-ring (bicyclic) bond motifs is 3. The molecule has 0 spiro atoms. The van der Waals surface area contributed by atoms with Gasteiger partial charge in [0, 0.05) is 0 Å². The molecule has 0 aliphatic heterocycles. The quantitative estimate of drug-likeness (QED) is 0.687. The highest BCUT2D eigenvalue weighted by atomic mass is 16.4. The topological polar surface area (TPSA) is 37.3 Å². The maximum Gasteiger partial charge on any atom is 0.309 e. The van der Waals surface area contributed by atoms with Crippen LogP contribution in [0.25, 0.3) is 0 Å². The van der Waals surface area contributed by atoms with E-state index in [1.165, 1.54) is 24.8 Å². The molecule has 5 atom stereocenters. The molecule has 1 unspecified atom stereocenters. The maximum atomic E-state index is 12.0. The molecule has 0 aromatic rings. The number of carboxylic acids is 1. The summed E-state index contributed by atoms with van der Waals surface area (Å²) < 4.78 is 0. The third kappa shape index (κ3) is 2.01. The minimum Gasteiger partial charge on any atom is -0.481 e. The van der Waals surface area contributed by atoms with Gasteiger partial charge in [-0.1, -0.05) is 31.9 Å². The third-order valence-electron chi connectivity index (χ3n) is 7.49. The van der Waals surface area contributed by atoms with Crippen molar-refractivity contribution >= 4 is 5.97 Å². The fourth-order valence-corrected chi connectivity index (χ4v) is 6.47. The van der Waals surface area contributed by atoms with Crippen LogP contribution in [-0.2, 0) is 4.79 Å². The fraction of sp³-hybridized carbons (Fsp3) is 0.842. The van der Waals surface area contributed by atoms with Gasteiger partial charge in [0.15, 0.2) is 0 Å². The summed E-state index contributed by atoms with van der Waals surface area (Å²) in [7, 11) is 0. The molecule has 3 aliphatic rings. The third-order valence-corrected chi connectivity index (χ3v) is 7.49. The van der Waals surface area contributed by atoms with E-state index in [0.29, 0.717) is 17.3 Å². The zero-order valence-electron chi connectivity index (χ0n) is 14.0. The van der Waals surface area contributed by atoms with E-state index >= 15 is 0 Å². The van der Waals surface area contributed by atoms with E-state index in [4.69, 9.17) is 0 Å². The molecule has 2 nitrogen and oxygen atoms in total. The SMILES string of the molecule is CC1=CC[C@@H]2[C@](C)(CC[C@@H]3C(C)(C(=O)O)CCC[C@]32C)C1. The fourth-order valence-electron chi connectivity index (χ4n) is 6.47. The van der Waals surface area contributed by atoms with Gasteiger partial charge in [-0.2, -0.15) is 0 Å². The van der Waals surface area contributed by atoms with E-state index in [2.05, 4.69) is 26.8 Å². The lowest BCUT2D eigenvalue weighted by atomic mass is 9.41. The Kier molecular flexibility index (Phi) is 3.31. The average molecular weight is 290 g/mol. The summed E-state index contributed by atoms with van der Waals surface area (Å²) in [5.41, 5.74) is 1.62. The molecule has 3 rings (SSSR count). The largest absolute Gasteiger partial charge is 0.481 e. The maximum absolute atomic E-state index is 12.0. The van der Waals surface area contributed by atoms with E-state index in [-0.39, 0.29) is 5.41 Å². The number of carboxylic acid groups (broad SMARTS) is 1. The Balaban J connectivity index is 2.02. The van der Waals surface area contributed by atoms with Crippen LogP contribution < -0.4 is 0 Å². The summed E-state index contributed by atoms with van der Waals surface area (Å²) in [5, 5.41) is 9.84. The van der Waals surface area contributed by atoms with Crippen LogP contribution in [-0.4, -0.2) is 11.1 Å². The zero-order chi connectivity index (χ0) is 15.5. The number of hydrogen-bond donors (Lipinski definition) is 1. The molecular formula is C19H30O2. The molecule has 0 saturated heterocycles. The molecule has 3 aliphatic carbocycles. The first-order valence-corrected chi connectivity index (χ1v) is 8.61. The Morgan fingerprint density at radius 2 is 1.90 bits per heavy atom. The van der Waals surface area contributed by atoms with E-state index < -0.39 is 11.4 Å². The van der Waals surface area contributed by atoms with Crippen LogP contribution in [0.15, 0.2) is 11.6 Å². The molecule has 118 valence electrons. The highest BCUT2D eigenvalue weighted by molar-refractivity contribution is 5.75. The Bertz CT molecular complexity index is 494. The Morgan fingerprint density at radius 1 is 1.19 bits per heavy atom. The van der Waals surface area contributed by atoms with Gasteiger partial charge in [-0.25, -0.2) is 0 Å².